The van der Waals surface area contributed by atoms with Crippen LogP contribution in [0.3, 0.4) is 0 Å². The van der Waals surface area contributed by atoms with Crippen molar-refractivity contribution >= 4 is 40.8 Å². The number of nitrogens with one attached hydrogen (secondary N) is 3. The highest BCUT2D eigenvalue weighted by Gasteiger charge is 2.39. The third kappa shape index (κ3) is 7.21. The summed E-state index contributed by atoms with van der Waals surface area (Å²) in [4.78, 5) is 52.2. The Morgan fingerprint density at radius 1 is 0.622 bits per heavy atom. The molecule has 0 aliphatic heterocycles. The number of benzene rings is 3. The van der Waals surface area contributed by atoms with Crippen molar-refractivity contribution in [2.75, 3.05) is 23.8 Å². The van der Waals surface area contributed by atoms with Gasteiger partial charge in [-0.2, -0.15) is 0 Å². The van der Waals surface area contributed by atoms with E-state index in [0.29, 0.717) is 17.1 Å². The molecule has 0 saturated heterocycles. The molecule has 0 fully saturated rings. The van der Waals surface area contributed by atoms with Crippen LogP contribution in [-0.2, 0) is 9.53 Å². The Bertz CT molecular complexity index is 1130. The van der Waals surface area contributed by atoms with E-state index < -0.39 is 35.9 Å². The number of ether oxygens (including phenoxy) is 1. The molecule has 3 aromatic carbocycles. The zero-order valence-corrected chi connectivity index (χ0v) is 20.1. The summed E-state index contributed by atoms with van der Waals surface area (Å²) in [5.74, 6) is -4.95. The summed E-state index contributed by atoms with van der Waals surface area (Å²) in [6, 6.07) is 17.9. The van der Waals surface area contributed by atoms with Gasteiger partial charge in [0.2, 0.25) is 5.79 Å². The summed E-state index contributed by atoms with van der Waals surface area (Å²) in [5.41, 5.74) is 18.9. The van der Waals surface area contributed by atoms with Gasteiger partial charge >= 0.3 is 5.97 Å². The van der Waals surface area contributed by atoms with Crippen LogP contribution in [-0.4, -0.2) is 36.1 Å². The molecule has 0 aliphatic carbocycles. The van der Waals surface area contributed by atoms with E-state index in [1.807, 2.05) is 0 Å². The van der Waals surface area contributed by atoms with Crippen LogP contribution in [0.2, 0.25) is 0 Å². The first-order valence-corrected chi connectivity index (χ1v) is 11.3. The molecule has 11 nitrogen and oxygen atoms in total. The minimum atomic E-state index is -2.08. The largest absolute Gasteiger partial charge is 0.466 e. The van der Waals surface area contributed by atoms with Crippen LogP contribution >= 0.6 is 0 Å². The Labute approximate surface area is 213 Å². The Morgan fingerprint density at radius 3 is 1.19 bits per heavy atom. The van der Waals surface area contributed by atoms with Crippen molar-refractivity contribution in [1.29, 1.82) is 0 Å². The van der Waals surface area contributed by atoms with Gasteiger partial charge in [-0.1, -0.05) is 0 Å². The van der Waals surface area contributed by atoms with Gasteiger partial charge in [0.05, 0.1) is 6.61 Å². The molecule has 3 amide bonds. The fourth-order valence-corrected chi connectivity index (χ4v) is 3.36. The minimum Gasteiger partial charge on any atom is -0.466 e. The van der Waals surface area contributed by atoms with E-state index in [4.69, 9.17) is 21.9 Å². The van der Waals surface area contributed by atoms with Gasteiger partial charge < -0.3 is 37.9 Å². The van der Waals surface area contributed by atoms with Crippen molar-refractivity contribution in [3.8, 4) is 0 Å². The van der Waals surface area contributed by atoms with Gasteiger partial charge in [-0.25, -0.2) is 0 Å². The molecule has 0 aliphatic rings. The summed E-state index contributed by atoms with van der Waals surface area (Å²) in [6.45, 7) is 1.64. The predicted molar refractivity (Wildman–Crippen MR) is 139 cm³/mol. The number of carbonyl (C=O) groups excluding carboxylic acids is 4. The van der Waals surface area contributed by atoms with E-state index in [1.54, 1.807) is 6.92 Å². The zero-order valence-electron chi connectivity index (χ0n) is 20.1. The van der Waals surface area contributed by atoms with Crippen LogP contribution in [0.5, 0.6) is 0 Å². The maximum absolute atomic E-state index is 13.2. The van der Waals surface area contributed by atoms with Gasteiger partial charge in [0.1, 0.15) is 6.42 Å². The number of nitrogens with two attached hydrogens (primary N) is 3. The number of esters is 1. The molecule has 11 heteroatoms. The fourth-order valence-electron chi connectivity index (χ4n) is 3.36. The highest BCUT2D eigenvalue weighted by Crippen LogP contribution is 2.15. The maximum Gasteiger partial charge on any atom is 0.312 e. The maximum atomic E-state index is 13.2. The van der Waals surface area contributed by atoms with Gasteiger partial charge in [0.25, 0.3) is 17.7 Å². The number of anilines is 3. The normalized spacial score (nSPS) is 10.7. The summed E-state index contributed by atoms with van der Waals surface area (Å²) in [7, 11) is 0. The lowest BCUT2D eigenvalue weighted by Gasteiger charge is -2.35. The molecular formula is C26H28N6O5. The molecule has 3 rings (SSSR count). The van der Waals surface area contributed by atoms with Crippen molar-refractivity contribution in [2.45, 2.75) is 19.1 Å². The van der Waals surface area contributed by atoms with E-state index in [1.165, 1.54) is 72.8 Å². The number of hydrogen-bond acceptors (Lipinski definition) is 8. The van der Waals surface area contributed by atoms with Crippen LogP contribution in [0.4, 0.5) is 17.1 Å². The van der Waals surface area contributed by atoms with Crippen molar-refractivity contribution in [3.05, 3.63) is 89.5 Å². The Hall–Kier alpha value is -5.06. The number of hydrogen-bond donors (Lipinski definition) is 6. The molecule has 0 unspecified atom stereocenters. The van der Waals surface area contributed by atoms with Gasteiger partial charge in [0.15, 0.2) is 0 Å². The fraction of sp³-hybridized carbons (Fsp3) is 0.154. The lowest BCUT2D eigenvalue weighted by molar-refractivity contribution is -0.145. The van der Waals surface area contributed by atoms with Gasteiger partial charge in [-0.3, -0.25) is 19.2 Å². The summed E-state index contributed by atoms with van der Waals surface area (Å²) >= 11 is 0. The average molecular weight is 505 g/mol. The van der Waals surface area contributed by atoms with Crippen molar-refractivity contribution < 1.29 is 23.9 Å². The summed E-state index contributed by atoms with van der Waals surface area (Å²) < 4.78 is 5.06. The van der Waals surface area contributed by atoms with Crippen LogP contribution < -0.4 is 33.2 Å². The van der Waals surface area contributed by atoms with E-state index in [0.717, 1.165) is 0 Å². The van der Waals surface area contributed by atoms with E-state index in [9.17, 15) is 19.2 Å². The van der Waals surface area contributed by atoms with E-state index in [-0.39, 0.29) is 23.3 Å². The van der Waals surface area contributed by atoms with Crippen LogP contribution in [0.15, 0.2) is 72.8 Å². The second kappa shape index (κ2) is 11.6. The predicted octanol–water partition coefficient (Wildman–Crippen LogP) is 1.63. The molecule has 37 heavy (non-hydrogen) atoms. The van der Waals surface area contributed by atoms with Gasteiger partial charge in [-0.15, -0.1) is 0 Å². The highest BCUT2D eigenvalue weighted by molar-refractivity contribution is 6.00. The topological polar surface area (TPSA) is 192 Å². The molecule has 0 spiro atoms. The molecule has 9 N–H and O–H groups in total. The monoisotopic (exact) mass is 504 g/mol. The number of rotatable bonds is 9. The third-order valence-electron chi connectivity index (χ3n) is 5.21. The van der Waals surface area contributed by atoms with Crippen molar-refractivity contribution in [2.24, 2.45) is 0 Å². The van der Waals surface area contributed by atoms with Crippen LogP contribution in [0.1, 0.15) is 44.4 Å². The first-order valence-electron chi connectivity index (χ1n) is 11.3. The Kier molecular flexibility index (Phi) is 8.31. The molecule has 0 aromatic heterocycles. The number of nitrogen functional groups attached to an aromatic ring is 3. The Morgan fingerprint density at radius 2 is 0.919 bits per heavy atom. The van der Waals surface area contributed by atoms with Gasteiger partial charge in [-0.05, 0) is 79.7 Å². The molecule has 3 aromatic rings. The minimum absolute atomic E-state index is 0.0403. The van der Waals surface area contributed by atoms with Crippen LogP contribution in [0, 0.1) is 0 Å². The molecule has 192 valence electrons. The number of carbonyl (C=O) groups is 4. The summed E-state index contributed by atoms with van der Waals surface area (Å²) in [6.07, 6.45) is -0.622. The SMILES string of the molecule is CCOC(=O)CC(NC(=O)c1ccc(N)cc1)(NC(=O)c1ccc(N)cc1)NC(=O)c1ccc(N)cc1. The molecular weight excluding hydrogens is 476 g/mol. The first kappa shape index (κ1) is 26.5. The molecule has 0 bridgehead atoms. The lowest BCUT2D eigenvalue weighted by atomic mass is 10.1. The zero-order chi connectivity index (χ0) is 27.0. The van der Waals surface area contributed by atoms with Crippen molar-refractivity contribution in [1.82, 2.24) is 16.0 Å². The standard InChI is InChI=1S/C26H28N6O5/c1-2-37-22(33)15-26(30-23(34)16-3-9-19(27)10-4-16,31-24(35)17-5-11-20(28)12-6-17)32-25(36)18-7-13-21(29)14-8-18/h3-14H,2,15,27-29H2,1H3,(H,30,34)(H,31,35)(H,32,36). The van der Waals surface area contributed by atoms with Crippen molar-refractivity contribution in [3.63, 3.8) is 0 Å². The molecule has 0 saturated carbocycles. The molecule has 0 atom stereocenters. The first-order chi connectivity index (χ1) is 17.6. The quantitative estimate of drug-likeness (QED) is 0.144. The smallest absolute Gasteiger partial charge is 0.312 e. The Balaban J connectivity index is 2.02. The average Bonchev–Trinajstić information content (AvgIpc) is 2.85. The molecule has 0 heterocycles. The summed E-state index contributed by atoms with van der Waals surface area (Å²) in [5, 5.41) is 7.76. The molecule has 0 radical (unpaired) electrons. The van der Waals surface area contributed by atoms with E-state index >= 15 is 0 Å². The number of amides is 3. The second-order valence-corrected chi connectivity index (χ2v) is 8.12. The van der Waals surface area contributed by atoms with Crippen LogP contribution in [0.25, 0.3) is 0 Å². The van der Waals surface area contributed by atoms with E-state index in [2.05, 4.69) is 16.0 Å². The van der Waals surface area contributed by atoms with Gasteiger partial charge in [0, 0.05) is 33.8 Å². The third-order valence-corrected chi connectivity index (χ3v) is 5.21. The second-order valence-electron chi connectivity index (χ2n) is 8.12. The highest BCUT2D eigenvalue weighted by atomic mass is 16.5. The lowest BCUT2D eigenvalue weighted by Crippen LogP contribution is -2.71.